The van der Waals surface area contributed by atoms with E-state index in [0.29, 0.717) is 6.54 Å². The monoisotopic (exact) mass is 402 g/mol. The standard InChI is InChI=1S/C19H20N3OS3/c1-5-22-16(11-15-20(3)8-9-24-15)26-17(18(22)23)19-21(4)13-7-6-12(2)10-14(13)25-19/h6-11H,5H2,1-4H3/q+1/b19-17+. The number of aromatic nitrogens is 2. The minimum atomic E-state index is 0.0989. The molecule has 3 aromatic rings. The van der Waals surface area contributed by atoms with Gasteiger partial charge in [-0.1, -0.05) is 29.2 Å². The van der Waals surface area contributed by atoms with Crippen LogP contribution in [0.4, 0.5) is 5.69 Å². The van der Waals surface area contributed by atoms with Crippen LogP contribution >= 0.6 is 34.4 Å². The predicted molar refractivity (Wildman–Crippen MR) is 111 cm³/mol. The molecule has 0 spiro atoms. The molecule has 1 aliphatic rings. The molecule has 0 aliphatic carbocycles. The van der Waals surface area contributed by atoms with Crippen molar-refractivity contribution in [1.29, 1.82) is 0 Å². The first-order valence-electron chi connectivity index (χ1n) is 8.40. The second-order valence-electron chi connectivity index (χ2n) is 6.25. The lowest BCUT2D eigenvalue weighted by Crippen LogP contribution is -2.34. The highest BCUT2D eigenvalue weighted by Crippen LogP contribution is 2.45. The lowest BCUT2D eigenvalue weighted by Gasteiger charge is -2.12. The summed E-state index contributed by atoms with van der Waals surface area (Å²) < 4.78 is 5.77. The number of thiazole rings is 2. The Labute approximate surface area is 164 Å². The van der Waals surface area contributed by atoms with Crippen molar-refractivity contribution in [2.75, 3.05) is 11.9 Å². The summed E-state index contributed by atoms with van der Waals surface area (Å²) >= 11 is 4.95. The van der Waals surface area contributed by atoms with Gasteiger partial charge in [0, 0.05) is 18.5 Å². The normalized spacial score (nSPS) is 16.5. The van der Waals surface area contributed by atoms with E-state index in [9.17, 15) is 4.79 Å². The number of hydrogen-bond donors (Lipinski definition) is 0. The largest absolute Gasteiger partial charge is 0.337 e. The average Bonchev–Trinajstić information content (AvgIpc) is 3.25. The molecule has 0 saturated heterocycles. The van der Waals surface area contributed by atoms with Crippen LogP contribution in [-0.2, 0) is 13.6 Å². The first-order chi connectivity index (χ1) is 12.5. The Morgan fingerprint density at radius 3 is 2.81 bits per heavy atom. The van der Waals surface area contributed by atoms with Crippen LogP contribution in [0.15, 0.2) is 39.5 Å². The van der Waals surface area contributed by atoms with E-state index in [0.717, 1.165) is 19.2 Å². The van der Waals surface area contributed by atoms with Gasteiger partial charge in [-0.3, -0.25) is 9.36 Å². The van der Waals surface area contributed by atoms with Crippen molar-refractivity contribution in [2.45, 2.75) is 25.3 Å². The summed E-state index contributed by atoms with van der Waals surface area (Å²) in [4.78, 5) is 16.4. The van der Waals surface area contributed by atoms with Gasteiger partial charge in [-0.2, -0.15) is 4.57 Å². The third-order valence-electron chi connectivity index (χ3n) is 4.48. The molecule has 0 fully saturated rings. The summed E-state index contributed by atoms with van der Waals surface area (Å²) in [5, 5.41) is 4.22. The van der Waals surface area contributed by atoms with Gasteiger partial charge in [0.2, 0.25) is 0 Å². The number of hydrogen-bond acceptors (Lipinski definition) is 5. The maximum atomic E-state index is 13.1. The smallest absolute Gasteiger partial charge is 0.271 e. The molecule has 0 N–H and O–H groups in total. The van der Waals surface area contributed by atoms with Crippen molar-refractivity contribution in [2.24, 2.45) is 7.05 Å². The Bertz CT molecular complexity index is 1170. The number of rotatable bonds is 2. The fraction of sp³-hybridized carbons (Fsp3) is 0.263. The van der Waals surface area contributed by atoms with Crippen LogP contribution in [0.3, 0.4) is 0 Å². The predicted octanol–water partition coefficient (Wildman–Crippen LogP) is 2.26. The fourth-order valence-corrected chi connectivity index (χ4v) is 6.43. The number of anilines is 1. The van der Waals surface area contributed by atoms with Crippen LogP contribution in [0, 0.1) is 6.92 Å². The van der Waals surface area contributed by atoms with Gasteiger partial charge in [-0.25, -0.2) is 0 Å². The minimum absolute atomic E-state index is 0.0989. The Morgan fingerprint density at radius 1 is 1.31 bits per heavy atom. The maximum absolute atomic E-state index is 13.1. The topological polar surface area (TPSA) is 29.1 Å². The molecule has 4 nitrogen and oxygen atoms in total. The van der Waals surface area contributed by atoms with Gasteiger partial charge in [-0.05, 0) is 31.5 Å². The van der Waals surface area contributed by atoms with Crippen LogP contribution in [-0.4, -0.2) is 11.6 Å². The van der Waals surface area contributed by atoms with Crippen molar-refractivity contribution in [1.82, 2.24) is 4.57 Å². The molecule has 0 amide bonds. The van der Waals surface area contributed by atoms with Gasteiger partial charge in [0.15, 0.2) is 6.20 Å². The van der Waals surface area contributed by atoms with Gasteiger partial charge in [0.25, 0.3) is 10.6 Å². The Balaban J connectivity index is 1.94. The van der Waals surface area contributed by atoms with E-state index in [4.69, 9.17) is 0 Å². The zero-order valence-electron chi connectivity index (χ0n) is 15.1. The van der Waals surface area contributed by atoms with Crippen LogP contribution < -0.4 is 24.2 Å². The first-order valence-corrected chi connectivity index (χ1v) is 10.9. The zero-order valence-corrected chi connectivity index (χ0v) is 17.6. The highest BCUT2D eigenvalue weighted by molar-refractivity contribution is 8.08. The van der Waals surface area contributed by atoms with Crippen molar-refractivity contribution in [3.63, 3.8) is 0 Å². The summed E-state index contributed by atoms with van der Waals surface area (Å²) in [6.45, 7) is 4.80. The Kier molecular flexibility index (Phi) is 4.54. The lowest BCUT2D eigenvalue weighted by atomic mass is 10.2. The van der Waals surface area contributed by atoms with Gasteiger partial charge < -0.3 is 4.90 Å². The van der Waals surface area contributed by atoms with Crippen molar-refractivity contribution in [3.8, 4) is 0 Å². The second-order valence-corrected chi connectivity index (χ2v) is 9.24. The molecule has 4 rings (SSSR count). The molecule has 0 bridgehead atoms. The molecule has 2 aromatic heterocycles. The number of benzene rings is 1. The molecule has 7 heteroatoms. The Hall–Kier alpha value is -1.83. The molecule has 3 heterocycles. The summed E-state index contributed by atoms with van der Waals surface area (Å²) in [6, 6.07) is 6.44. The van der Waals surface area contributed by atoms with E-state index >= 15 is 0 Å². The summed E-state index contributed by atoms with van der Waals surface area (Å²) in [5.41, 5.74) is 2.51. The van der Waals surface area contributed by atoms with Crippen LogP contribution in [0.5, 0.6) is 0 Å². The summed E-state index contributed by atoms with van der Waals surface area (Å²) in [6.07, 6.45) is 4.15. The number of fused-ring (bicyclic) bond motifs is 1. The SMILES string of the molecule is CCn1c(=O)/c(=C2\Sc3cc(C)ccc3N2C)s/c1=C\c1scc[n+]1C. The molecule has 0 atom stereocenters. The highest BCUT2D eigenvalue weighted by Gasteiger charge is 2.24. The molecular weight excluding hydrogens is 382 g/mol. The van der Waals surface area contributed by atoms with E-state index < -0.39 is 0 Å². The zero-order chi connectivity index (χ0) is 18.4. The average molecular weight is 403 g/mol. The van der Waals surface area contributed by atoms with E-state index in [2.05, 4.69) is 46.0 Å². The third kappa shape index (κ3) is 2.84. The summed E-state index contributed by atoms with van der Waals surface area (Å²) in [5.74, 6) is 0. The van der Waals surface area contributed by atoms with E-state index in [1.165, 1.54) is 16.1 Å². The van der Waals surface area contributed by atoms with Crippen LogP contribution in [0.25, 0.3) is 11.1 Å². The van der Waals surface area contributed by atoms with Gasteiger partial charge >= 0.3 is 0 Å². The van der Waals surface area contributed by atoms with Crippen LogP contribution in [0.2, 0.25) is 0 Å². The van der Waals surface area contributed by atoms with Crippen molar-refractivity contribution < 1.29 is 4.57 Å². The molecule has 1 aliphatic heterocycles. The van der Waals surface area contributed by atoms with Gasteiger partial charge in [-0.15, -0.1) is 11.3 Å². The second kappa shape index (κ2) is 6.72. The third-order valence-corrected chi connectivity index (χ3v) is 7.85. The van der Waals surface area contributed by atoms with Gasteiger partial charge in [0.1, 0.15) is 21.3 Å². The Morgan fingerprint density at radius 2 is 2.12 bits per heavy atom. The molecule has 26 heavy (non-hydrogen) atoms. The first kappa shape index (κ1) is 17.6. The molecule has 0 unspecified atom stereocenters. The van der Waals surface area contributed by atoms with Gasteiger partial charge in [0.05, 0.1) is 17.1 Å². The van der Waals surface area contributed by atoms with E-state index in [1.807, 2.05) is 31.8 Å². The molecule has 0 radical (unpaired) electrons. The number of nitrogens with zero attached hydrogens (tertiary/aromatic N) is 3. The molecule has 134 valence electrons. The minimum Gasteiger partial charge on any atom is -0.337 e. The van der Waals surface area contributed by atoms with Crippen molar-refractivity contribution in [3.05, 3.63) is 59.9 Å². The highest BCUT2D eigenvalue weighted by atomic mass is 32.2. The lowest BCUT2D eigenvalue weighted by molar-refractivity contribution is -0.668. The van der Waals surface area contributed by atoms with E-state index in [1.54, 1.807) is 34.4 Å². The van der Waals surface area contributed by atoms with Crippen molar-refractivity contribution >= 4 is 51.2 Å². The number of aryl methyl sites for hydroxylation is 2. The number of thioether (sulfide) groups is 1. The summed E-state index contributed by atoms with van der Waals surface area (Å²) in [7, 11) is 4.07. The molecular formula is C19H20N3OS3+. The maximum Gasteiger partial charge on any atom is 0.271 e. The van der Waals surface area contributed by atoms with E-state index in [-0.39, 0.29) is 5.56 Å². The van der Waals surface area contributed by atoms with Crippen LogP contribution in [0.1, 0.15) is 17.5 Å². The molecule has 1 aromatic carbocycles. The quantitative estimate of drug-likeness (QED) is 0.616. The molecule has 0 saturated carbocycles. The fourth-order valence-electron chi connectivity index (χ4n) is 3.02.